The minimum Gasteiger partial charge on any atom is -0.347 e. The lowest BCUT2D eigenvalue weighted by atomic mass is 9.68. The molecule has 0 aromatic carbocycles. The van der Waals surface area contributed by atoms with E-state index in [1.54, 1.807) is 12.5 Å². The maximum absolute atomic E-state index is 12.9. The van der Waals surface area contributed by atoms with E-state index in [4.69, 9.17) is 0 Å². The van der Waals surface area contributed by atoms with Gasteiger partial charge in [0.25, 0.3) is 5.91 Å². The quantitative estimate of drug-likeness (QED) is 0.723. The fourth-order valence-corrected chi connectivity index (χ4v) is 4.21. The number of carbonyl (C=O) groups is 1. The molecule has 1 saturated carbocycles. The van der Waals surface area contributed by atoms with Crippen LogP contribution in [0.5, 0.6) is 0 Å². The van der Waals surface area contributed by atoms with Crippen molar-refractivity contribution in [2.24, 2.45) is 5.41 Å². The Labute approximate surface area is 163 Å². The van der Waals surface area contributed by atoms with Gasteiger partial charge in [-0.2, -0.15) is 0 Å². The van der Waals surface area contributed by atoms with Crippen LogP contribution in [0.25, 0.3) is 11.3 Å². The summed E-state index contributed by atoms with van der Waals surface area (Å²) in [7, 11) is 0. The number of carbonyl (C=O) groups excluding carboxylic acids is 1. The maximum Gasteiger partial charge on any atom is 0.287 e. The number of hydrogen-bond acceptors (Lipinski definition) is 4. The van der Waals surface area contributed by atoms with Gasteiger partial charge in [-0.15, -0.1) is 12.4 Å². The molecular formula is C19H23ClN6O. The van der Waals surface area contributed by atoms with Gasteiger partial charge in [-0.3, -0.25) is 13.8 Å². The predicted molar refractivity (Wildman–Crippen MR) is 105 cm³/mol. The second-order valence-electron chi connectivity index (χ2n) is 7.54. The molecule has 4 heterocycles. The van der Waals surface area contributed by atoms with Gasteiger partial charge in [0.2, 0.25) is 5.82 Å². The Balaban J connectivity index is 0.00000180. The van der Waals surface area contributed by atoms with E-state index >= 15 is 0 Å². The number of halogens is 1. The van der Waals surface area contributed by atoms with Gasteiger partial charge in [0, 0.05) is 37.7 Å². The molecule has 7 nitrogen and oxygen atoms in total. The van der Waals surface area contributed by atoms with Crippen LogP contribution in [0, 0.1) is 5.41 Å². The zero-order chi connectivity index (χ0) is 17.6. The number of amides is 1. The Hall–Kier alpha value is -2.38. The minimum absolute atomic E-state index is 0. The molecule has 3 aromatic rings. The molecule has 0 bridgehead atoms. The van der Waals surface area contributed by atoms with Crippen LogP contribution in [0.2, 0.25) is 0 Å². The second-order valence-corrected chi connectivity index (χ2v) is 7.54. The summed E-state index contributed by atoms with van der Waals surface area (Å²) in [5.74, 6) is 1.04. The highest BCUT2D eigenvalue weighted by Crippen LogP contribution is 2.39. The molecule has 1 aliphatic heterocycles. The minimum atomic E-state index is -0.106. The summed E-state index contributed by atoms with van der Waals surface area (Å²) < 4.78 is 3.69. The van der Waals surface area contributed by atoms with Gasteiger partial charge in [0.05, 0.1) is 5.52 Å². The van der Waals surface area contributed by atoms with Gasteiger partial charge in [0.15, 0.2) is 5.82 Å². The summed E-state index contributed by atoms with van der Waals surface area (Å²) in [6, 6.07) is 6.07. The maximum atomic E-state index is 12.9. The molecule has 1 saturated heterocycles. The van der Waals surface area contributed by atoms with Crippen LogP contribution in [0.1, 0.15) is 36.3 Å². The molecule has 2 fully saturated rings. The summed E-state index contributed by atoms with van der Waals surface area (Å²) in [6.45, 7) is 2.26. The fourth-order valence-electron chi connectivity index (χ4n) is 4.21. The van der Waals surface area contributed by atoms with E-state index in [0.29, 0.717) is 11.2 Å². The average Bonchev–Trinajstić information content (AvgIpc) is 3.28. The Morgan fingerprint density at radius 3 is 2.70 bits per heavy atom. The van der Waals surface area contributed by atoms with Crippen molar-refractivity contribution in [2.45, 2.75) is 31.7 Å². The first-order valence-electron chi connectivity index (χ1n) is 9.21. The summed E-state index contributed by atoms with van der Waals surface area (Å²) in [4.78, 5) is 21.6. The summed E-state index contributed by atoms with van der Waals surface area (Å²) in [5.41, 5.74) is 1.38. The number of nitrogens with zero attached hydrogens (tertiary/aromatic N) is 4. The lowest BCUT2D eigenvalue weighted by molar-refractivity contribution is 0.0773. The summed E-state index contributed by atoms with van der Waals surface area (Å²) >= 11 is 0. The van der Waals surface area contributed by atoms with E-state index in [-0.39, 0.29) is 24.4 Å². The number of rotatable bonds is 3. The first-order valence-corrected chi connectivity index (χ1v) is 9.21. The third kappa shape index (κ3) is 3.11. The second kappa shape index (κ2) is 6.98. The zero-order valence-corrected chi connectivity index (χ0v) is 15.8. The molecule has 0 radical (unpaired) electrons. The van der Waals surface area contributed by atoms with Gasteiger partial charge >= 0.3 is 0 Å². The van der Waals surface area contributed by atoms with Gasteiger partial charge in [-0.1, -0.05) is 6.07 Å². The van der Waals surface area contributed by atoms with Crippen LogP contribution in [-0.2, 0) is 0 Å². The first kappa shape index (κ1) is 18.0. The summed E-state index contributed by atoms with van der Waals surface area (Å²) in [6.07, 6.45) is 11.6. The SMILES string of the molecule is Cl.O=C(NC1CCC2(CC1)CNC2)c1nc(-n2ccnc2)c2ccccn12. The normalized spacial score (nSPS) is 18.8. The van der Waals surface area contributed by atoms with Crippen molar-refractivity contribution in [3.8, 4) is 5.82 Å². The Kier molecular flexibility index (Phi) is 4.65. The van der Waals surface area contributed by atoms with Crippen LogP contribution >= 0.6 is 12.4 Å². The van der Waals surface area contributed by atoms with Crippen molar-refractivity contribution in [2.75, 3.05) is 13.1 Å². The molecule has 0 unspecified atom stereocenters. The standard InChI is InChI=1S/C19H22N6O.ClH/c26-18(22-14-4-6-19(7-5-14)11-21-12-19)17-23-16(24-10-8-20-13-24)15-3-1-2-9-25(15)17;/h1-3,8-10,13-14,21H,4-7,11-12H2,(H,22,26);1H. The van der Waals surface area contributed by atoms with E-state index in [9.17, 15) is 4.79 Å². The fraction of sp³-hybridized carbons (Fsp3) is 0.421. The molecule has 142 valence electrons. The monoisotopic (exact) mass is 386 g/mol. The van der Waals surface area contributed by atoms with Crippen molar-refractivity contribution in [1.29, 1.82) is 0 Å². The molecule has 2 N–H and O–H groups in total. The summed E-state index contributed by atoms with van der Waals surface area (Å²) in [5, 5.41) is 6.59. The first-order chi connectivity index (χ1) is 12.7. The van der Waals surface area contributed by atoms with Crippen molar-refractivity contribution < 1.29 is 4.79 Å². The lowest BCUT2D eigenvalue weighted by Crippen LogP contribution is -2.56. The molecule has 3 aromatic heterocycles. The molecule has 1 spiro atoms. The number of aromatic nitrogens is 4. The van der Waals surface area contributed by atoms with Crippen molar-refractivity contribution >= 4 is 23.8 Å². The average molecular weight is 387 g/mol. The third-order valence-corrected chi connectivity index (χ3v) is 5.86. The molecule has 2 aliphatic rings. The number of hydrogen-bond donors (Lipinski definition) is 2. The van der Waals surface area contributed by atoms with Gasteiger partial charge < -0.3 is 10.6 Å². The predicted octanol–water partition coefficient (Wildman–Crippen LogP) is 2.20. The van der Waals surface area contributed by atoms with Gasteiger partial charge in [-0.25, -0.2) is 9.97 Å². The molecule has 1 aliphatic carbocycles. The van der Waals surface area contributed by atoms with E-state index in [1.807, 2.05) is 39.6 Å². The topological polar surface area (TPSA) is 76.2 Å². The van der Waals surface area contributed by atoms with E-state index in [2.05, 4.69) is 20.6 Å². The molecule has 1 amide bonds. The van der Waals surface area contributed by atoms with Crippen molar-refractivity contribution in [3.05, 3.63) is 48.9 Å². The van der Waals surface area contributed by atoms with E-state index in [1.165, 1.54) is 12.8 Å². The number of nitrogens with one attached hydrogen (secondary N) is 2. The molecule has 0 atom stereocenters. The number of pyridine rings is 1. The van der Waals surface area contributed by atoms with Gasteiger partial charge in [0.1, 0.15) is 6.33 Å². The Bertz CT molecular complexity index is 936. The van der Waals surface area contributed by atoms with E-state index < -0.39 is 0 Å². The molecular weight excluding hydrogens is 364 g/mol. The van der Waals surface area contributed by atoms with Crippen LogP contribution in [0.3, 0.4) is 0 Å². The largest absolute Gasteiger partial charge is 0.347 e. The van der Waals surface area contributed by atoms with Crippen LogP contribution in [0.4, 0.5) is 0 Å². The highest BCUT2D eigenvalue weighted by molar-refractivity contribution is 5.93. The van der Waals surface area contributed by atoms with Crippen molar-refractivity contribution in [3.63, 3.8) is 0 Å². The van der Waals surface area contributed by atoms with E-state index in [0.717, 1.165) is 37.3 Å². The Morgan fingerprint density at radius 1 is 1.22 bits per heavy atom. The highest BCUT2D eigenvalue weighted by atomic mass is 35.5. The molecule has 27 heavy (non-hydrogen) atoms. The number of imidazole rings is 2. The molecule has 8 heteroatoms. The van der Waals surface area contributed by atoms with Crippen LogP contribution in [-0.4, -0.2) is 44.0 Å². The van der Waals surface area contributed by atoms with Crippen LogP contribution in [0.15, 0.2) is 43.1 Å². The van der Waals surface area contributed by atoms with Crippen molar-refractivity contribution in [1.82, 2.24) is 29.6 Å². The zero-order valence-electron chi connectivity index (χ0n) is 15.0. The smallest absolute Gasteiger partial charge is 0.287 e. The number of fused-ring (bicyclic) bond motifs is 1. The van der Waals surface area contributed by atoms with Gasteiger partial charge in [-0.05, 0) is 43.2 Å². The lowest BCUT2D eigenvalue weighted by Gasteiger charge is -2.47. The third-order valence-electron chi connectivity index (χ3n) is 5.86. The molecule has 5 rings (SSSR count). The Morgan fingerprint density at radius 2 is 2.04 bits per heavy atom. The highest BCUT2D eigenvalue weighted by Gasteiger charge is 2.40. The van der Waals surface area contributed by atoms with Crippen LogP contribution < -0.4 is 10.6 Å².